The predicted molar refractivity (Wildman–Crippen MR) is 134 cm³/mol. The molecule has 0 saturated carbocycles. The average Bonchev–Trinajstić information content (AvgIpc) is 3.20. The van der Waals surface area contributed by atoms with E-state index in [9.17, 15) is 14.4 Å². The summed E-state index contributed by atoms with van der Waals surface area (Å²) in [7, 11) is 0. The van der Waals surface area contributed by atoms with Crippen molar-refractivity contribution in [1.82, 2.24) is 14.1 Å². The number of ether oxygens (including phenoxy) is 3. The zero-order chi connectivity index (χ0) is 25.8. The van der Waals surface area contributed by atoms with E-state index in [1.54, 1.807) is 16.8 Å². The van der Waals surface area contributed by atoms with Crippen molar-refractivity contribution >= 4 is 34.7 Å². The molecule has 10 heteroatoms. The summed E-state index contributed by atoms with van der Waals surface area (Å²) >= 11 is 1.20. The van der Waals surface area contributed by atoms with Crippen LogP contribution in [-0.2, 0) is 37.1 Å². The third-order valence-electron chi connectivity index (χ3n) is 6.30. The molecular formula is C25H37N3O6S. The molecule has 0 atom stereocenters. The van der Waals surface area contributed by atoms with E-state index in [0.29, 0.717) is 42.2 Å². The van der Waals surface area contributed by atoms with Crippen molar-refractivity contribution in [1.29, 1.82) is 0 Å². The minimum atomic E-state index is -0.685. The zero-order valence-corrected chi connectivity index (χ0v) is 22.4. The number of esters is 2. The van der Waals surface area contributed by atoms with Crippen molar-refractivity contribution in [2.24, 2.45) is 10.8 Å². The van der Waals surface area contributed by atoms with Gasteiger partial charge in [-0.05, 0) is 72.2 Å². The van der Waals surface area contributed by atoms with Crippen LogP contribution in [0.25, 0.3) is 11.0 Å². The van der Waals surface area contributed by atoms with E-state index < -0.39 is 16.4 Å². The van der Waals surface area contributed by atoms with Crippen LogP contribution in [0.2, 0.25) is 0 Å². The summed E-state index contributed by atoms with van der Waals surface area (Å²) in [5.74, 6) is -0.574. The predicted octanol–water partition coefficient (Wildman–Crippen LogP) is 4.34. The lowest BCUT2D eigenvalue weighted by molar-refractivity contribution is -0.158. The molecule has 0 N–H and O–H groups in total. The lowest BCUT2D eigenvalue weighted by Crippen LogP contribution is -2.29. The number of thioether (sulfide) groups is 1. The molecule has 0 aliphatic carbocycles. The van der Waals surface area contributed by atoms with Gasteiger partial charge in [-0.15, -0.1) is 0 Å². The van der Waals surface area contributed by atoms with Gasteiger partial charge in [0.1, 0.15) is 11.5 Å². The van der Waals surface area contributed by atoms with Crippen molar-refractivity contribution < 1.29 is 23.8 Å². The smallest absolute Gasteiger partial charge is 0.313 e. The highest BCUT2D eigenvalue weighted by molar-refractivity contribution is 7.99. The van der Waals surface area contributed by atoms with Gasteiger partial charge in [-0.25, -0.2) is 0 Å². The van der Waals surface area contributed by atoms with Crippen LogP contribution in [0.15, 0.2) is 22.2 Å². The molecule has 0 saturated heterocycles. The Morgan fingerprint density at radius 3 is 2.31 bits per heavy atom. The second-order valence-electron chi connectivity index (χ2n) is 10.5. The van der Waals surface area contributed by atoms with Crippen LogP contribution in [0.1, 0.15) is 67.2 Å². The fraction of sp³-hybridized carbons (Fsp3) is 0.680. The molecule has 2 aliphatic rings. The highest BCUT2D eigenvalue weighted by Crippen LogP contribution is 2.31. The molecule has 4 bridgehead atoms. The number of aromatic nitrogens is 3. The first-order valence-electron chi connectivity index (χ1n) is 12.1. The van der Waals surface area contributed by atoms with Gasteiger partial charge in [-0.1, -0.05) is 12.8 Å². The second-order valence-corrected chi connectivity index (χ2v) is 11.4. The Balaban J connectivity index is 1.99. The molecule has 194 valence electrons. The Bertz CT molecular complexity index is 1120. The second kappa shape index (κ2) is 11.2. The first-order valence-corrected chi connectivity index (χ1v) is 13.1. The number of rotatable bonds is 4. The Morgan fingerprint density at radius 1 is 1.06 bits per heavy atom. The molecule has 0 fully saturated rings. The molecule has 0 unspecified atom stereocenters. The molecule has 2 aromatic heterocycles. The maximum Gasteiger partial charge on any atom is 0.313 e. The summed E-state index contributed by atoms with van der Waals surface area (Å²) in [6.07, 6.45) is 4.64. The zero-order valence-electron chi connectivity index (χ0n) is 21.6. The molecular weight excluding hydrogens is 470 g/mol. The van der Waals surface area contributed by atoms with Crippen molar-refractivity contribution in [2.45, 2.75) is 91.8 Å². The number of carbonyl (C=O) groups excluding carboxylic acids is 2. The molecule has 0 spiro atoms. The summed E-state index contributed by atoms with van der Waals surface area (Å²) < 4.78 is 20.4. The van der Waals surface area contributed by atoms with Crippen LogP contribution < -0.4 is 5.56 Å². The van der Waals surface area contributed by atoms with Gasteiger partial charge in [-0.3, -0.25) is 14.4 Å². The van der Waals surface area contributed by atoms with Crippen LogP contribution in [-0.4, -0.2) is 44.7 Å². The highest BCUT2D eigenvalue weighted by atomic mass is 32.2. The van der Waals surface area contributed by atoms with Crippen molar-refractivity contribution in [3.63, 3.8) is 0 Å². The maximum absolute atomic E-state index is 13.0. The largest absolute Gasteiger partial charge is 0.454 e. The molecule has 0 aromatic carbocycles. The summed E-state index contributed by atoms with van der Waals surface area (Å²) in [4.78, 5) is 42.9. The van der Waals surface area contributed by atoms with E-state index in [1.807, 2.05) is 46.1 Å². The topological polar surface area (TPSA) is 102 Å². The summed E-state index contributed by atoms with van der Waals surface area (Å²) in [5, 5.41) is 0.442. The minimum Gasteiger partial charge on any atom is -0.454 e. The SMILES string of the molecule is CC(C)OCCn1c2nc(=O)c3c1ccn3COC(=O)C(C)(C)CCCCC(C)(C)C(=O)OCS2. The van der Waals surface area contributed by atoms with Gasteiger partial charge in [0.2, 0.25) is 0 Å². The number of carbonyl (C=O) groups is 2. The molecule has 4 heterocycles. The van der Waals surface area contributed by atoms with Crippen molar-refractivity contribution in [3.05, 3.63) is 22.6 Å². The lowest BCUT2D eigenvalue weighted by Gasteiger charge is -2.25. The molecule has 4 rings (SSSR count). The van der Waals surface area contributed by atoms with Crippen LogP contribution in [0.3, 0.4) is 0 Å². The maximum atomic E-state index is 13.0. The van der Waals surface area contributed by atoms with Crippen LogP contribution >= 0.6 is 11.8 Å². The van der Waals surface area contributed by atoms with Gasteiger partial charge in [0, 0.05) is 12.7 Å². The van der Waals surface area contributed by atoms with Gasteiger partial charge in [0.05, 0.1) is 29.1 Å². The lowest BCUT2D eigenvalue weighted by atomic mass is 9.83. The average molecular weight is 508 g/mol. The van der Waals surface area contributed by atoms with E-state index >= 15 is 0 Å². The summed E-state index contributed by atoms with van der Waals surface area (Å²) in [5.41, 5.74) is -0.769. The molecule has 2 aromatic rings. The Labute approximate surface area is 210 Å². The molecule has 0 radical (unpaired) electrons. The molecule has 9 nitrogen and oxygen atoms in total. The molecule has 35 heavy (non-hydrogen) atoms. The number of hydrogen-bond donors (Lipinski definition) is 0. The first kappa shape index (κ1) is 27.3. The molecule has 2 aliphatic heterocycles. The van der Waals surface area contributed by atoms with Gasteiger partial charge in [0.15, 0.2) is 11.9 Å². The van der Waals surface area contributed by atoms with Crippen molar-refractivity contribution in [3.8, 4) is 0 Å². The molecule has 0 amide bonds. The van der Waals surface area contributed by atoms with E-state index in [1.165, 1.54) is 11.8 Å². The van der Waals surface area contributed by atoms with E-state index in [0.717, 1.165) is 12.8 Å². The highest BCUT2D eigenvalue weighted by Gasteiger charge is 2.32. The Kier molecular flexibility index (Phi) is 8.69. The number of nitrogens with zero attached hydrogens (tertiary/aromatic N) is 3. The quantitative estimate of drug-likeness (QED) is 0.445. The standard InChI is InChI=1S/C25H37N3O6S/c1-17(2)32-14-13-28-18-9-12-27-15-33-21(30)24(3,4)10-7-8-11-25(5,6)22(31)34-16-35-23(28)26-20(29)19(18)27/h9,12,17H,7-8,10-11,13-16H2,1-6H3. The van der Waals surface area contributed by atoms with E-state index in [4.69, 9.17) is 14.2 Å². The minimum absolute atomic E-state index is 0.0522. The summed E-state index contributed by atoms with van der Waals surface area (Å²) in [6.45, 7) is 12.2. The monoisotopic (exact) mass is 507 g/mol. The third kappa shape index (κ3) is 6.67. The summed E-state index contributed by atoms with van der Waals surface area (Å²) in [6, 6.07) is 1.81. The normalized spacial score (nSPS) is 19.5. The van der Waals surface area contributed by atoms with Gasteiger partial charge in [-0.2, -0.15) is 4.98 Å². The fourth-order valence-electron chi connectivity index (χ4n) is 4.02. The van der Waals surface area contributed by atoms with Gasteiger partial charge < -0.3 is 23.3 Å². The first-order chi connectivity index (χ1) is 16.4. The van der Waals surface area contributed by atoms with E-state index in [-0.39, 0.29) is 30.7 Å². The van der Waals surface area contributed by atoms with Crippen LogP contribution in [0, 0.1) is 10.8 Å². The van der Waals surface area contributed by atoms with Crippen LogP contribution in [0.5, 0.6) is 0 Å². The number of hydrogen-bond acceptors (Lipinski definition) is 8. The fourth-order valence-corrected chi connectivity index (χ4v) is 4.79. The number of fused-ring (bicyclic) bond motifs is 13. The third-order valence-corrected chi connectivity index (χ3v) is 7.11. The van der Waals surface area contributed by atoms with E-state index in [2.05, 4.69) is 4.98 Å². The van der Waals surface area contributed by atoms with Gasteiger partial charge in [0.25, 0.3) is 5.56 Å². The van der Waals surface area contributed by atoms with Crippen molar-refractivity contribution in [2.75, 3.05) is 12.5 Å². The Hall–Kier alpha value is -2.33. The van der Waals surface area contributed by atoms with Gasteiger partial charge >= 0.3 is 11.9 Å². The van der Waals surface area contributed by atoms with Crippen LogP contribution in [0.4, 0.5) is 0 Å². The Morgan fingerprint density at radius 2 is 1.69 bits per heavy atom.